The third-order valence-electron chi connectivity index (χ3n) is 2.47. The number of hydrogen-bond acceptors (Lipinski definition) is 2. The van der Waals surface area contributed by atoms with Crippen molar-refractivity contribution in [2.75, 3.05) is 19.7 Å². The highest BCUT2D eigenvalue weighted by molar-refractivity contribution is 4.96. The average Bonchev–Trinajstić information content (AvgIpc) is 2.61. The summed E-state index contributed by atoms with van der Waals surface area (Å²) in [5.41, 5.74) is 0.341. The van der Waals surface area contributed by atoms with Gasteiger partial charge in [-0.25, -0.2) is 0 Å². The third kappa shape index (κ3) is 1.32. The minimum Gasteiger partial charge on any atom is -0.375 e. The third-order valence-corrected chi connectivity index (χ3v) is 2.47. The van der Waals surface area contributed by atoms with Gasteiger partial charge in [0.15, 0.2) is 0 Å². The van der Waals surface area contributed by atoms with Crippen LogP contribution in [0.25, 0.3) is 0 Å². The minimum absolute atomic E-state index is 0.341. The Labute approximate surface area is 61.9 Å². The second-order valence-corrected chi connectivity index (χ2v) is 3.39. The number of hydrogen-bond donors (Lipinski definition) is 1. The van der Waals surface area contributed by atoms with Crippen LogP contribution in [0.1, 0.15) is 25.7 Å². The molecule has 1 aliphatic heterocycles. The first-order valence-electron chi connectivity index (χ1n) is 4.26. The fraction of sp³-hybridized carbons (Fsp3) is 1.00. The standard InChI is InChI=1S/C8H15NO/c1-5-9-6-4-8(2-3-8)10-7-1/h9H,1-7H2. The Kier molecular flexibility index (Phi) is 1.66. The molecule has 1 saturated carbocycles. The number of rotatable bonds is 0. The summed E-state index contributed by atoms with van der Waals surface area (Å²) in [7, 11) is 0. The summed E-state index contributed by atoms with van der Waals surface area (Å²) in [6.07, 6.45) is 5.01. The van der Waals surface area contributed by atoms with E-state index in [4.69, 9.17) is 4.74 Å². The Morgan fingerprint density at radius 1 is 1.10 bits per heavy atom. The van der Waals surface area contributed by atoms with Crippen LogP contribution in [0.4, 0.5) is 0 Å². The summed E-state index contributed by atoms with van der Waals surface area (Å²) in [5, 5.41) is 3.40. The van der Waals surface area contributed by atoms with Crippen molar-refractivity contribution in [3.63, 3.8) is 0 Å². The van der Waals surface area contributed by atoms with Gasteiger partial charge in [0.2, 0.25) is 0 Å². The summed E-state index contributed by atoms with van der Waals surface area (Å²) in [5.74, 6) is 0. The van der Waals surface area contributed by atoms with Gasteiger partial charge in [-0.1, -0.05) is 0 Å². The van der Waals surface area contributed by atoms with E-state index in [0.29, 0.717) is 5.60 Å². The summed E-state index contributed by atoms with van der Waals surface area (Å²) in [4.78, 5) is 0. The van der Waals surface area contributed by atoms with Crippen molar-refractivity contribution in [1.82, 2.24) is 5.32 Å². The molecule has 58 valence electrons. The summed E-state index contributed by atoms with van der Waals surface area (Å²) in [6, 6.07) is 0. The van der Waals surface area contributed by atoms with Crippen molar-refractivity contribution < 1.29 is 4.74 Å². The topological polar surface area (TPSA) is 21.3 Å². The van der Waals surface area contributed by atoms with Gasteiger partial charge in [0, 0.05) is 6.61 Å². The summed E-state index contributed by atoms with van der Waals surface area (Å²) < 4.78 is 5.74. The van der Waals surface area contributed by atoms with Crippen molar-refractivity contribution in [3.05, 3.63) is 0 Å². The van der Waals surface area contributed by atoms with Crippen LogP contribution >= 0.6 is 0 Å². The van der Waals surface area contributed by atoms with Crippen LogP contribution in [0.5, 0.6) is 0 Å². The molecule has 0 unspecified atom stereocenters. The maximum absolute atomic E-state index is 5.74. The van der Waals surface area contributed by atoms with Crippen LogP contribution in [-0.4, -0.2) is 25.3 Å². The van der Waals surface area contributed by atoms with Crippen molar-refractivity contribution in [3.8, 4) is 0 Å². The zero-order chi connectivity index (χ0) is 6.86. The molecule has 1 heterocycles. The van der Waals surface area contributed by atoms with Gasteiger partial charge >= 0.3 is 0 Å². The largest absolute Gasteiger partial charge is 0.375 e. The van der Waals surface area contributed by atoms with E-state index in [1.54, 1.807) is 0 Å². The molecule has 1 saturated heterocycles. The summed E-state index contributed by atoms with van der Waals surface area (Å²) >= 11 is 0. The molecule has 0 aromatic carbocycles. The molecule has 0 radical (unpaired) electrons. The molecule has 1 spiro atoms. The van der Waals surface area contributed by atoms with Crippen LogP contribution in [0, 0.1) is 0 Å². The van der Waals surface area contributed by atoms with E-state index in [1.165, 1.54) is 25.7 Å². The van der Waals surface area contributed by atoms with E-state index in [0.717, 1.165) is 19.7 Å². The molecule has 2 rings (SSSR count). The predicted molar refractivity (Wildman–Crippen MR) is 40.0 cm³/mol. The minimum atomic E-state index is 0.341. The fourth-order valence-corrected chi connectivity index (χ4v) is 1.53. The van der Waals surface area contributed by atoms with Crippen molar-refractivity contribution >= 4 is 0 Å². The van der Waals surface area contributed by atoms with E-state index in [9.17, 15) is 0 Å². The van der Waals surface area contributed by atoms with Crippen molar-refractivity contribution in [1.29, 1.82) is 0 Å². The fourth-order valence-electron chi connectivity index (χ4n) is 1.53. The van der Waals surface area contributed by atoms with Crippen LogP contribution in [-0.2, 0) is 4.74 Å². The van der Waals surface area contributed by atoms with E-state index < -0.39 is 0 Å². The molecule has 2 fully saturated rings. The first-order chi connectivity index (χ1) is 4.91. The maximum atomic E-state index is 5.74. The Hall–Kier alpha value is -0.0800. The van der Waals surface area contributed by atoms with Gasteiger partial charge in [0.1, 0.15) is 0 Å². The molecule has 2 aliphatic rings. The molecule has 0 bridgehead atoms. The average molecular weight is 141 g/mol. The van der Waals surface area contributed by atoms with E-state index in [1.807, 2.05) is 0 Å². The lowest BCUT2D eigenvalue weighted by Crippen LogP contribution is -2.29. The van der Waals surface area contributed by atoms with E-state index in [2.05, 4.69) is 5.32 Å². The lowest BCUT2D eigenvalue weighted by molar-refractivity contribution is 0.0190. The van der Waals surface area contributed by atoms with Crippen LogP contribution < -0.4 is 5.32 Å². The molecular weight excluding hydrogens is 126 g/mol. The van der Waals surface area contributed by atoms with Gasteiger partial charge < -0.3 is 10.1 Å². The second kappa shape index (κ2) is 2.51. The zero-order valence-corrected chi connectivity index (χ0v) is 6.36. The molecule has 2 heteroatoms. The van der Waals surface area contributed by atoms with Gasteiger partial charge in [-0.05, 0) is 38.8 Å². The smallest absolute Gasteiger partial charge is 0.0696 e. The van der Waals surface area contributed by atoms with Crippen molar-refractivity contribution in [2.45, 2.75) is 31.3 Å². The Morgan fingerprint density at radius 3 is 2.80 bits per heavy atom. The van der Waals surface area contributed by atoms with Crippen LogP contribution in [0.2, 0.25) is 0 Å². The Morgan fingerprint density at radius 2 is 2.00 bits per heavy atom. The van der Waals surface area contributed by atoms with Gasteiger partial charge in [0.25, 0.3) is 0 Å². The molecule has 1 aliphatic carbocycles. The molecule has 1 N–H and O–H groups in total. The normalized spacial score (nSPS) is 31.2. The first kappa shape index (κ1) is 6.62. The van der Waals surface area contributed by atoms with Crippen LogP contribution in [0.3, 0.4) is 0 Å². The highest BCUT2D eigenvalue weighted by atomic mass is 16.5. The maximum Gasteiger partial charge on any atom is 0.0696 e. The molecular formula is C8H15NO. The lowest BCUT2D eigenvalue weighted by Gasteiger charge is -2.19. The Bertz CT molecular complexity index is 110. The van der Waals surface area contributed by atoms with Gasteiger partial charge in [-0.2, -0.15) is 0 Å². The second-order valence-electron chi connectivity index (χ2n) is 3.39. The Balaban J connectivity index is 1.84. The monoisotopic (exact) mass is 141 g/mol. The molecule has 10 heavy (non-hydrogen) atoms. The van der Waals surface area contributed by atoms with Crippen LogP contribution in [0.15, 0.2) is 0 Å². The molecule has 2 nitrogen and oxygen atoms in total. The highest BCUT2D eigenvalue weighted by Gasteiger charge is 2.43. The molecule has 0 aromatic heterocycles. The van der Waals surface area contributed by atoms with E-state index in [-0.39, 0.29) is 0 Å². The summed E-state index contributed by atoms with van der Waals surface area (Å²) in [6.45, 7) is 3.25. The number of nitrogens with one attached hydrogen (secondary N) is 1. The first-order valence-corrected chi connectivity index (χ1v) is 4.26. The van der Waals surface area contributed by atoms with Gasteiger partial charge in [-0.15, -0.1) is 0 Å². The molecule has 0 aromatic rings. The van der Waals surface area contributed by atoms with E-state index >= 15 is 0 Å². The van der Waals surface area contributed by atoms with Crippen molar-refractivity contribution in [2.24, 2.45) is 0 Å². The molecule has 0 atom stereocenters. The number of ether oxygens (including phenoxy) is 1. The zero-order valence-electron chi connectivity index (χ0n) is 6.36. The van der Waals surface area contributed by atoms with Gasteiger partial charge in [-0.3, -0.25) is 0 Å². The quantitative estimate of drug-likeness (QED) is 0.541. The van der Waals surface area contributed by atoms with Gasteiger partial charge in [0.05, 0.1) is 5.60 Å². The predicted octanol–water partition coefficient (Wildman–Crippen LogP) is 0.919. The SMILES string of the molecule is C1CNCCC2(CC2)OC1. The lowest BCUT2D eigenvalue weighted by atomic mass is 10.2. The highest BCUT2D eigenvalue weighted by Crippen LogP contribution is 2.42. The molecule has 0 amide bonds.